The summed E-state index contributed by atoms with van der Waals surface area (Å²) in [7, 11) is 0. The molecule has 0 radical (unpaired) electrons. The minimum absolute atomic E-state index is 0.238. The van der Waals surface area contributed by atoms with Crippen LogP contribution in [-0.4, -0.2) is 26.5 Å². The third-order valence-electron chi connectivity index (χ3n) is 3.12. The van der Waals surface area contributed by atoms with Crippen molar-refractivity contribution in [3.63, 3.8) is 0 Å². The fourth-order valence-electron chi connectivity index (χ4n) is 1.82. The second-order valence-electron chi connectivity index (χ2n) is 4.67. The largest absolute Gasteiger partial charge is 0.382 e. The van der Waals surface area contributed by atoms with Crippen molar-refractivity contribution in [2.24, 2.45) is 5.92 Å². The van der Waals surface area contributed by atoms with Crippen LogP contribution >= 0.6 is 11.6 Å². The number of hydrogen-bond acceptors (Lipinski definition) is 6. The van der Waals surface area contributed by atoms with Crippen LogP contribution in [0.25, 0.3) is 5.82 Å². The zero-order chi connectivity index (χ0) is 14.1. The van der Waals surface area contributed by atoms with E-state index in [1.54, 1.807) is 12.1 Å². The molecule has 8 heteroatoms. The molecule has 0 aromatic carbocycles. The Morgan fingerprint density at radius 1 is 1.45 bits per heavy atom. The Labute approximate surface area is 120 Å². The maximum atomic E-state index is 9.20. The molecule has 3 rings (SSSR count). The van der Waals surface area contributed by atoms with Gasteiger partial charge in [0.15, 0.2) is 16.8 Å². The first kappa shape index (κ1) is 12.7. The van der Waals surface area contributed by atoms with Crippen LogP contribution in [-0.2, 0) is 0 Å². The number of nitriles is 1. The van der Waals surface area contributed by atoms with Crippen molar-refractivity contribution in [3.8, 4) is 11.9 Å². The summed E-state index contributed by atoms with van der Waals surface area (Å²) in [6.07, 6.45) is 2.43. The Morgan fingerprint density at radius 2 is 2.25 bits per heavy atom. The van der Waals surface area contributed by atoms with Crippen LogP contribution in [0, 0.1) is 17.2 Å². The van der Waals surface area contributed by atoms with Crippen LogP contribution < -0.4 is 11.1 Å². The summed E-state index contributed by atoms with van der Waals surface area (Å²) in [5.74, 6) is 1.81. The van der Waals surface area contributed by atoms with Gasteiger partial charge < -0.3 is 11.1 Å². The van der Waals surface area contributed by atoms with Gasteiger partial charge in [-0.25, -0.2) is 0 Å². The first-order chi connectivity index (χ1) is 9.69. The van der Waals surface area contributed by atoms with Crippen molar-refractivity contribution < 1.29 is 0 Å². The van der Waals surface area contributed by atoms with Crippen LogP contribution in [0.15, 0.2) is 12.1 Å². The Hall–Kier alpha value is -2.33. The first-order valence-electron chi connectivity index (χ1n) is 6.21. The van der Waals surface area contributed by atoms with E-state index in [9.17, 15) is 5.26 Å². The summed E-state index contributed by atoms with van der Waals surface area (Å²) in [5, 5.41) is 24.6. The van der Waals surface area contributed by atoms with Crippen molar-refractivity contribution in [1.29, 1.82) is 5.26 Å². The lowest BCUT2D eigenvalue weighted by molar-refractivity contribution is 0.814. The molecule has 7 nitrogen and oxygen atoms in total. The topological polar surface area (TPSA) is 105 Å². The van der Waals surface area contributed by atoms with Crippen molar-refractivity contribution in [2.45, 2.75) is 12.8 Å². The van der Waals surface area contributed by atoms with E-state index in [-0.39, 0.29) is 11.0 Å². The van der Waals surface area contributed by atoms with Crippen LogP contribution in [0.4, 0.5) is 11.6 Å². The van der Waals surface area contributed by atoms with Crippen LogP contribution in [0.1, 0.15) is 18.4 Å². The lowest BCUT2D eigenvalue weighted by Gasteiger charge is -2.01. The molecule has 0 unspecified atom stereocenters. The van der Waals surface area contributed by atoms with Crippen LogP contribution in [0.2, 0.25) is 5.15 Å². The predicted octanol–water partition coefficient (Wildman–Crippen LogP) is 1.59. The number of anilines is 2. The van der Waals surface area contributed by atoms with E-state index in [4.69, 9.17) is 17.3 Å². The fourth-order valence-corrected chi connectivity index (χ4v) is 1.93. The molecule has 0 aliphatic heterocycles. The number of nitrogens with zero attached hydrogens (tertiary/aromatic N) is 5. The van der Waals surface area contributed by atoms with E-state index >= 15 is 0 Å². The van der Waals surface area contributed by atoms with E-state index in [1.165, 1.54) is 17.5 Å². The number of aromatic nitrogens is 4. The number of hydrogen-bond donors (Lipinski definition) is 2. The summed E-state index contributed by atoms with van der Waals surface area (Å²) in [4.78, 5) is 0. The Balaban J connectivity index is 1.94. The second-order valence-corrected chi connectivity index (χ2v) is 5.06. The highest BCUT2D eigenvalue weighted by atomic mass is 35.5. The standard InChI is InChI=1S/C12H12ClN7/c13-9-3-4-10(18-17-9)20-11(15)8(5-14)12(19-20)16-6-7-1-2-7/h3-4,7H,1-2,6,15H2,(H,16,19). The summed E-state index contributed by atoms with van der Waals surface area (Å²) in [6.45, 7) is 0.803. The molecule has 2 aromatic rings. The van der Waals surface area contributed by atoms with Gasteiger partial charge in [0, 0.05) is 6.54 Å². The van der Waals surface area contributed by atoms with Gasteiger partial charge in [-0.1, -0.05) is 11.6 Å². The quantitative estimate of drug-likeness (QED) is 0.885. The monoisotopic (exact) mass is 289 g/mol. The van der Waals surface area contributed by atoms with Crippen LogP contribution in [0.3, 0.4) is 0 Å². The molecular formula is C12H12ClN7. The Morgan fingerprint density at radius 3 is 2.85 bits per heavy atom. The smallest absolute Gasteiger partial charge is 0.178 e. The highest BCUT2D eigenvalue weighted by molar-refractivity contribution is 6.29. The molecule has 0 spiro atoms. The molecule has 2 aromatic heterocycles. The first-order valence-corrected chi connectivity index (χ1v) is 6.59. The van der Waals surface area contributed by atoms with Gasteiger partial charge in [-0.2, -0.15) is 9.94 Å². The van der Waals surface area contributed by atoms with E-state index in [0.29, 0.717) is 23.1 Å². The summed E-state index contributed by atoms with van der Waals surface area (Å²) < 4.78 is 1.39. The number of rotatable bonds is 4. The fraction of sp³-hybridized carbons (Fsp3) is 0.333. The molecule has 1 saturated carbocycles. The summed E-state index contributed by atoms with van der Waals surface area (Å²) in [5.41, 5.74) is 6.27. The summed E-state index contributed by atoms with van der Waals surface area (Å²) >= 11 is 5.69. The van der Waals surface area contributed by atoms with E-state index in [1.807, 2.05) is 0 Å². The lowest BCUT2D eigenvalue weighted by Crippen LogP contribution is -2.06. The van der Waals surface area contributed by atoms with E-state index in [2.05, 4.69) is 26.7 Å². The number of nitrogen functional groups attached to an aromatic ring is 1. The molecule has 2 heterocycles. The molecule has 20 heavy (non-hydrogen) atoms. The highest BCUT2D eigenvalue weighted by Crippen LogP contribution is 2.30. The Kier molecular flexibility index (Phi) is 3.16. The van der Waals surface area contributed by atoms with Crippen molar-refractivity contribution in [2.75, 3.05) is 17.6 Å². The molecule has 0 saturated heterocycles. The number of halogens is 1. The molecular weight excluding hydrogens is 278 g/mol. The van der Waals surface area contributed by atoms with E-state index < -0.39 is 0 Å². The van der Waals surface area contributed by atoms with Gasteiger partial charge in [-0.05, 0) is 30.9 Å². The van der Waals surface area contributed by atoms with Gasteiger partial charge >= 0.3 is 0 Å². The molecule has 0 amide bonds. The summed E-state index contributed by atoms with van der Waals surface area (Å²) in [6, 6.07) is 5.30. The maximum Gasteiger partial charge on any atom is 0.178 e. The molecule has 1 aliphatic rings. The third kappa shape index (κ3) is 2.38. The number of nitrogens with two attached hydrogens (primary N) is 1. The zero-order valence-corrected chi connectivity index (χ0v) is 11.3. The van der Waals surface area contributed by atoms with Gasteiger partial charge in [0.2, 0.25) is 0 Å². The maximum absolute atomic E-state index is 9.20. The molecule has 1 fully saturated rings. The lowest BCUT2D eigenvalue weighted by atomic mass is 10.3. The SMILES string of the molecule is N#Cc1c(NCC2CC2)nn(-c2ccc(Cl)nn2)c1N. The zero-order valence-electron chi connectivity index (χ0n) is 10.5. The highest BCUT2D eigenvalue weighted by Gasteiger charge is 2.23. The minimum Gasteiger partial charge on any atom is -0.382 e. The normalized spacial score (nSPS) is 14.0. The van der Waals surface area contributed by atoms with Gasteiger partial charge in [-0.3, -0.25) is 0 Å². The third-order valence-corrected chi connectivity index (χ3v) is 3.32. The second kappa shape index (κ2) is 4.98. The molecule has 0 atom stereocenters. The van der Waals surface area contributed by atoms with E-state index in [0.717, 1.165) is 6.54 Å². The van der Waals surface area contributed by atoms with Gasteiger partial charge in [-0.15, -0.1) is 15.3 Å². The average Bonchev–Trinajstić information content (AvgIpc) is 3.22. The molecule has 3 N–H and O–H groups in total. The minimum atomic E-state index is 0.238. The number of nitrogens with one attached hydrogen (secondary N) is 1. The average molecular weight is 290 g/mol. The predicted molar refractivity (Wildman–Crippen MR) is 74.5 cm³/mol. The molecule has 0 bridgehead atoms. The van der Waals surface area contributed by atoms with Crippen molar-refractivity contribution in [3.05, 3.63) is 22.8 Å². The van der Waals surface area contributed by atoms with Gasteiger partial charge in [0.05, 0.1) is 0 Å². The Bertz CT molecular complexity index is 666. The van der Waals surface area contributed by atoms with Crippen molar-refractivity contribution in [1.82, 2.24) is 20.0 Å². The van der Waals surface area contributed by atoms with Crippen molar-refractivity contribution >= 4 is 23.2 Å². The van der Waals surface area contributed by atoms with Gasteiger partial charge in [0.1, 0.15) is 17.5 Å². The molecule has 1 aliphatic carbocycles. The van der Waals surface area contributed by atoms with Crippen LogP contribution in [0.5, 0.6) is 0 Å². The van der Waals surface area contributed by atoms with Gasteiger partial charge in [0.25, 0.3) is 0 Å². The molecule has 102 valence electrons.